The number of hydrogen-bond donors (Lipinski definition) is 1. The van der Waals surface area contributed by atoms with Gasteiger partial charge in [0.2, 0.25) is 0 Å². The van der Waals surface area contributed by atoms with Gasteiger partial charge in [0.25, 0.3) is 0 Å². The van der Waals surface area contributed by atoms with Crippen LogP contribution in [0.5, 0.6) is 0 Å². The number of likely N-dealkylation sites (tertiary alicyclic amines) is 1. The second kappa shape index (κ2) is 8.54. The van der Waals surface area contributed by atoms with Gasteiger partial charge in [0, 0.05) is 28.6 Å². The summed E-state index contributed by atoms with van der Waals surface area (Å²) in [7, 11) is 0. The van der Waals surface area contributed by atoms with Crippen LogP contribution in [0, 0.1) is 0 Å². The van der Waals surface area contributed by atoms with Gasteiger partial charge in [-0.15, -0.1) is 0 Å². The average molecular weight is 418 g/mol. The predicted octanol–water partition coefficient (Wildman–Crippen LogP) is 4.63. The maximum Gasteiger partial charge on any atom is 0.407 e. The smallest absolute Gasteiger partial charge is 0.407 e. The lowest BCUT2D eigenvalue weighted by molar-refractivity contribution is 0.0472. The van der Waals surface area contributed by atoms with Crippen LogP contribution in [0.1, 0.15) is 39.2 Å². The van der Waals surface area contributed by atoms with E-state index in [9.17, 15) is 4.79 Å². The number of rotatable bonds is 4. The molecule has 2 rings (SSSR count). The summed E-state index contributed by atoms with van der Waals surface area (Å²) < 4.78 is 6.39. The van der Waals surface area contributed by atoms with E-state index in [2.05, 4.69) is 32.2 Å². The Hall–Kier alpha value is -0.780. The second-order valence-electron chi connectivity index (χ2n) is 7.27. The Morgan fingerprint density at radius 3 is 2.92 bits per heavy atom. The number of piperidine rings is 1. The summed E-state index contributed by atoms with van der Waals surface area (Å²) in [5.41, 5.74) is 0.684. The highest BCUT2D eigenvalue weighted by Gasteiger charge is 2.24. The minimum Gasteiger partial charge on any atom is -0.444 e. The summed E-state index contributed by atoms with van der Waals surface area (Å²) in [4.78, 5) is 14.3. The van der Waals surface area contributed by atoms with Crippen molar-refractivity contribution in [1.29, 1.82) is 0 Å². The van der Waals surface area contributed by atoms with Crippen molar-refractivity contribution in [3.05, 3.63) is 33.3 Å². The third kappa shape index (κ3) is 6.61. The van der Waals surface area contributed by atoms with Crippen LogP contribution in [-0.2, 0) is 11.2 Å². The maximum absolute atomic E-state index is 11.9. The third-order valence-electron chi connectivity index (χ3n) is 3.93. The minimum absolute atomic E-state index is 0.145. The van der Waals surface area contributed by atoms with E-state index in [1.165, 1.54) is 0 Å². The van der Waals surface area contributed by atoms with Gasteiger partial charge in [-0.1, -0.05) is 27.5 Å². The van der Waals surface area contributed by atoms with Crippen molar-refractivity contribution in [2.24, 2.45) is 0 Å². The first-order valence-electron chi connectivity index (χ1n) is 8.39. The molecular weight excluding hydrogens is 392 g/mol. The molecular formula is C18H26BrClN2O2. The van der Waals surface area contributed by atoms with Crippen LogP contribution in [0.2, 0.25) is 5.02 Å². The van der Waals surface area contributed by atoms with Gasteiger partial charge in [0.1, 0.15) is 5.60 Å². The highest BCUT2D eigenvalue weighted by atomic mass is 79.9. The first-order chi connectivity index (χ1) is 11.2. The molecule has 1 fully saturated rings. The Bertz CT molecular complexity index is 575. The minimum atomic E-state index is -0.462. The zero-order chi connectivity index (χ0) is 17.7. The number of carbonyl (C=O) groups is 1. The molecule has 1 N–H and O–H groups in total. The maximum atomic E-state index is 11.9. The Morgan fingerprint density at radius 2 is 2.21 bits per heavy atom. The van der Waals surface area contributed by atoms with Crippen molar-refractivity contribution in [3.63, 3.8) is 0 Å². The lowest BCUT2D eigenvalue weighted by atomic mass is 10.0. The standard InChI is InChI=1S/C18H26BrClN2O2/c1-18(2,3)24-17(23)21-15-5-4-9-22(12-15)10-8-13-11-14(19)6-7-16(13)20/h6-7,11,15H,4-5,8-10,12H2,1-3H3,(H,21,23)/t15-/m0/s1. The summed E-state index contributed by atoms with van der Waals surface area (Å²) in [6.45, 7) is 8.47. The first-order valence-corrected chi connectivity index (χ1v) is 9.56. The number of nitrogens with zero attached hydrogens (tertiary/aromatic N) is 1. The molecule has 0 radical (unpaired) electrons. The van der Waals surface area contributed by atoms with Crippen LogP contribution in [0.4, 0.5) is 4.79 Å². The quantitative estimate of drug-likeness (QED) is 0.776. The zero-order valence-electron chi connectivity index (χ0n) is 14.6. The Morgan fingerprint density at radius 1 is 1.46 bits per heavy atom. The predicted molar refractivity (Wildman–Crippen MR) is 102 cm³/mol. The van der Waals surface area contributed by atoms with Crippen LogP contribution >= 0.6 is 27.5 Å². The highest BCUT2D eigenvalue weighted by Crippen LogP contribution is 2.22. The van der Waals surface area contributed by atoms with E-state index in [1.54, 1.807) is 0 Å². The summed E-state index contributed by atoms with van der Waals surface area (Å²) >= 11 is 9.75. The van der Waals surface area contributed by atoms with E-state index in [0.29, 0.717) is 0 Å². The number of hydrogen-bond acceptors (Lipinski definition) is 3. The lowest BCUT2D eigenvalue weighted by Crippen LogP contribution is -2.49. The van der Waals surface area contributed by atoms with E-state index in [4.69, 9.17) is 16.3 Å². The molecule has 0 bridgehead atoms. The molecule has 0 spiro atoms. The molecule has 1 saturated heterocycles. The van der Waals surface area contributed by atoms with Gasteiger partial charge < -0.3 is 15.0 Å². The molecule has 0 saturated carbocycles. The molecule has 1 atom stereocenters. The van der Waals surface area contributed by atoms with Crippen LogP contribution in [0.15, 0.2) is 22.7 Å². The molecule has 1 amide bonds. The average Bonchev–Trinajstić information content (AvgIpc) is 2.46. The SMILES string of the molecule is CC(C)(C)OC(=O)N[C@H]1CCCN(CCc2cc(Br)ccc2Cl)C1. The van der Waals surface area contributed by atoms with Crippen molar-refractivity contribution in [1.82, 2.24) is 10.2 Å². The molecule has 1 aliphatic rings. The van der Waals surface area contributed by atoms with Gasteiger partial charge in [-0.05, 0) is 70.3 Å². The van der Waals surface area contributed by atoms with E-state index >= 15 is 0 Å². The molecule has 0 unspecified atom stereocenters. The lowest BCUT2D eigenvalue weighted by Gasteiger charge is -2.33. The molecule has 1 aliphatic heterocycles. The summed E-state index contributed by atoms with van der Waals surface area (Å²) in [6, 6.07) is 6.09. The van der Waals surface area contributed by atoms with Gasteiger partial charge in [-0.25, -0.2) is 4.79 Å². The monoisotopic (exact) mass is 416 g/mol. The number of ether oxygens (including phenoxy) is 1. The number of halogens is 2. The summed E-state index contributed by atoms with van der Waals surface area (Å²) in [5, 5.41) is 3.79. The van der Waals surface area contributed by atoms with Crippen LogP contribution < -0.4 is 5.32 Å². The summed E-state index contributed by atoms with van der Waals surface area (Å²) in [6.07, 6.45) is 2.64. The molecule has 134 valence electrons. The van der Waals surface area contributed by atoms with E-state index in [0.717, 1.165) is 54.0 Å². The highest BCUT2D eigenvalue weighted by molar-refractivity contribution is 9.10. The first kappa shape index (κ1) is 19.5. The third-order valence-corrected chi connectivity index (χ3v) is 4.79. The number of alkyl carbamates (subject to hydrolysis) is 1. The Balaban J connectivity index is 1.82. The number of nitrogens with one attached hydrogen (secondary N) is 1. The van der Waals surface area contributed by atoms with Gasteiger partial charge in [-0.3, -0.25) is 0 Å². The van der Waals surface area contributed by atoms with Gasteiger partial charge >= 0.3 is 6.09 Å². The number of carbonyl (C=O) groups excluding carboxylic acids is 1. The van der Waals surface area contributed by atoms with Gasteiger partial charge in [0.05, 0.1) is 0 Å². The molecule has 1 aromatic carbocycles. The van der Waals surface area contributed by atoms with Crippen molar-refractivity contribution in [2.75, 3.05) is 19.6 Å². The zero-order valence-corrected chi connectivity index (χ0v) is 16.9. The number of amides is 1. The molecule has 1 aromatic rings. The van der Waals surface area contributed by atoms with E-state index < -0.39 is 5.60 Å². The van der Waals surface area contributed by atoms with Crippen LogP contribution in [0.25, 0.3) is 0 Å². The summed E-state index contributed by atoms with van der Waals surface area (Å²) in [5.74, 6) is 0. The number of benzene rings is 1. The topological polar surface area (TPSA) is 41.6 Å². The normalized spacial score (nSPS) is 19.1. The Labute approximate surface area is 158 Å². The van der Waals surface area contributed by atoms with Crippen molar-refractivity contribution in [2.45, 2.75) is 51.7 Å². The van der Waals surface area contributed by atoms with Crippen LogP contribution in [0.3, 0.4) is 0 Å². The molecule has 4 nitrogen and oxygen atoms in total. The van der Waals surface area contributed by atoms with Gasteiger partial charge in [0.15, 0.2) is 0 Å². The second-order valence-corrected chi connectivity index (χ2v) is 8.59. The van der Waals surface area contributed by atoms with Gasteiger partial charge in [-0.2, -0.15) is 0 Å². The molecule has 0 aliphatic carbocycles. The van der Waals surface area contributed by atoms with Crippen molar-refractivity contribution >= 4 is 33.6 Å². The largest absolute Gasteiger partial charge is 0.444 e. The fourth-order valence-corrected chi connectivity index (χ4v) is 3.48. The molecule has 6 heteroatoms. The molecule has 0 aromatic heterocycles. The molecule has 24 heavy (non-hydrogen) atoms. The Kier molecular flexibility index (Phi) is 6.96. The van der Waals surface area contributed by atoms with E-state index in [-0.39, 0.29) is 12.1 Å². The fraction of sp³-hybridized carbons (Fsp3) is 0.611. The molecule has 1 heterocycles. The van der Waals surface area contributed by atoms with E-state index in [1.807, 2.05) is 32.9 Å². The van der Waals surface area contributed by atoms with Crippen molar-refractivity contribution in [3.8, 4) is 0 Å². The van der Waals surface area contributed by atoms with Crippen molar-refractivity contribution < 1.29 is 9.53 Å². The van der Waals surface area contributed by atoms with Crippen LogP contribution in [-0.4, -0.2) is 42.3 Å². The fourth-order valence-electron chi connectivity index (χ4n) is 2.86.